The second-order valence-electron chi connectivity index (χ2n) is 6.25. The largest absolute Gasteiger partial charge is 0.450 e. The predicted molar refractivity (Wildman–Crippen MR) is 112 cm³/mol. The van der Waals surface area contributed by atoms with Crippen molar-refractivity contribution in [1.29, 1.82) is 0 Å². The molecule has 0 atom stereocenters. The van der Waals surface area contributed by atoms with Crippen molar-refractivity contribution in [1.82, 2.24) is 15.2 Å². The Balaban J connectivity index is 1.64. The third-order valence-corrected chi connectivity index (χ3v) is 5.01. The van der Waals surface area contributed by atoms with Crippen molar-refractivity contribution < 1.29 is 28.7 Å². The highest BCUT2D eigenvalue weighted by Gasteiger charge is 2.20. The number of carbonyl (C=O) groups is 4. The van der Waals surface area contributed by atoms with Crippen molar-refractivity contribution in [3.05, 3.63) is 40.9 Å². The monoisotopic (exact) mass is 447 g/mol. The Labute approximate surface area is 181 Å². The molecule has 0 spiro atoms. The first-order chi connectivity index (χ1) is 15.0. The highest BCUT2D eigenvalue weighted by Crippen LogP contribution is 2.24. The molecule has 1 aliphatic rings. The zero-order valence-electron chi connectivity index (χ0n) is 16.7. The lowest BCUT2D eigenvalue weighted by Gasteiger charge is -2.26. The van der Waals surface area contributed by atoms with Crippen molar-refractivity contribution in [2.75, 3.05) is 43.5 Å². The molecule has 1 fully saturated rings. The molecule has 3 heterocycles. The molecule has 0 radical (unpaired) electrons. The van der Waals surface area contributed by atoms with E-state index in [0.717, 1.165) is 11.3 Å². The topological polar surface area (TPSA) is 139 Å². The van der Waals surface area contributed by atoms with Crippen LogP contribution in [0.15, 0.2) is 29.8 Å². The van der Waals surface area contributed by atoms with Gasteiger partial charge in [-0.3, -0.25) is 20.2 Å². The maximum atomic E-state index is 12.7. The van der Waals surface area contributed by atoms with Crippen molar-refractivity contribution in [2.45, 2.75) is 6.92 Å². The average Bonchev–Trinajstić information content (AvgIpc) is 3.23. The lowest BCUT2D eigenvalue weighted by atomic mass is 10.2. The number of rotatable bonds is 5. The van der Waals surface area contributed by atoms with Crippen LogP contribution in [0.2, 0.25) is 0 Å². The van der Waals surface area contributed by atoms with Crippen molar-refractivity contribution in [2.24, 2.45) is 0 Å². The Morgan fingerprint density at radius 1 is 1.16 bits per heavy atom. The van der Waals surface area contributed by atoms with Gasteiger partial charge >= 0.3 is 12.1 Å². The number of imide groups is 1. The SMILES string of the molecule is CCOC(=O)NC(=O)c1ccsc1NC(=O)c1ccnc(NC(=O)N2CCOCC2)c1. The fourth-order valence-electron chi connectivity index (χ4n) is 2.68. The van der Waals surface area contributed by atoms with E-state index in [0.29, 0.717) is 26.3 Å². The van der Waals surface area contributed by atoms with Crippen LogP contribution in [-0.4, -0.2) is 66.7 Å². The van der Waals surface area contributed by atoms with Crippen LogP contribution >= 0.6 is 11.3 Å². The van der Waals surface area contributed by atoms with Gasteiger partial charge in [0.2, 0.25) is 0 Å². The summed E-state index contributed by atoms with van der Waals surface area (Å²) >= 11 is 1.13. The number of hydrogen-bond donors (Lipinski definition) is 3. The van der Waals surface area contributed by atoms with E-state index in [1.807, 2.05) is 0 Å². The lowest BCUT2D eigenvalue weighted by molar-refractivity contribution is 0.0564. The Hall–Kier alpha value is -3.51. The lowest BCUT2D eigenvalue weighted by Crippen LogP contribution is -2.43. The minimum atomic E-state index is -0.870. The number of nitrogens with one attached hydrogen (secondary N) is 3. The number of ether oxygens (including phenoxy) is 2. The first-order valence-corrected chi connectivity index (χ1v) is 10.3. The van der Waals surface area contributed by atoms with Gasteiger partial charge in [-0.1, -0.05) is 0 Å². The van der Waals surface area contributed by atoms with Crippen molar-refractivity contribution in [3.63, 3.8) is 0 Å². The molecular formula is C19H21N5O6S. The quantitative estimate of drug-likeness (QED) is 0.638. The summed E-state index contributed by atoms with van der Waals surface area (Å²) in [4.78, 5) is 54.3. The third-order valence-electron chi connectivity index (χ3n) is 4.18. The van der Waals surface area contributed by atoms with Gasteiger partial charge in [0.1, 0.15) is 10.8 Å². The molecule has 3 rings (SSSR count). The fraction of sp³-hybridized carbons (Fsp3) is 0.316. The van der Waals surface area contributed by atoms with Crippen molar-refractivity contribution in [3.8, 4) is 0 Å². The summed E-state index contributed by atoms with van der Waals surface area (Å²) in [6.07, 6.45) is 0.526. The van der Waals surface area contributed by atoms with Crippen LogP contribution in [0.1, 0.15) is 27.6 Å². The molecule has 3 N–H and O–H groups in total. The maximum Gasteiger partial charge on any atom is 0.414 e. The number of anilines is 2. The van der Waals surface area contributed by atoms with Gasteiger partial charge < -0.3 is 19.7 Å². The molecule has 1 saturated heterocycles. The molecule has 1 aliphatic heterocycles. The number of thiophene rings is 1. The van der Waals surface area contributed by atoms with Gasteiger partial charge in [0.05, 0.1) is 25.4 Å². The van der Waals surface area contributed by atoms with E-state index in [-0.39, 0.29) is 34.6 Å². The average molecular weight is 447 g/mol. The molecule has 0 bridgehead atoms. The molecule has 2 aromatic rings. The van der Waals surface area contributed by atoms with Crippen LogP contribution in [0, 0.1) is 0 Å². The summed E-state index contributed by atoms with van der Waals surface area (Å²) in [5.74, 6) is -0.976. The standard InChI is InChI=1S/C19H21N5O6S/c1-2-30-19(28)23-16(26)13-4-10-31-17(13)22-15(25)12-3-5-20-14(11-12)21-18(27)24-6-8-29-9-7-24/h3-5,10-11H,2,6-9H2,1H3,(H,22,25)(H,20,21,27)(H,23,26,28). The number of urea groups is 1. The molecule has 5 amide bonds. The fourth-order valence-corrected chi connectivity index (χ4v) is 3.46. The Morgan fingerprint density at radius 2 is 1.94 bits per heavy atom. The van der Waals surface area contributed by atoms with Gasteiger partial charge in [-0.15, -0.1) is 11.3 Å². The van der Waals surface area contributed by atoms with Gasteiger partial charge in [0, 0.05) is 24.8 Å². The van der Waals surface area contributed by atoms with Gasteiger partial charge in [0.15, 0.2) is 0 Å². The van der Waals surface area contributed by atoms with Crippen LogP contribution in [0.25, 0.3) is 0 Å². The van der Waals surface area contributed by atoms with Crippen LogP contribution in [-0.2, 0) is 9.47 Å². The van der Waals surface area contributed by atoms with Crippen LogP contribution in [0.5, 0.6) is 0 Å². The van der Waals surface area contributed by atoms with E-state index in [9.17, 15) is 19.2 Å². The summed E-state index contributed by atoms with van der Waals surface area (Å²) in [7, 11) is 0. The van der Waals surface area contributed by atoms with Crippen molar-refractivity contribution >= 4 is 46.1 Å². The molecule has 0 unspecified atom stereocenters. The normalized spacial score (nSPS) is 13.3. The minimum Gasteiger partial charge on any atom is -0.450 e. The zero-order valence-corrected chi connectivity index (χ0v) is 17.5. The molecule has 164 valence electrons. The number of alkyl carbamates (subject to hydrolysis) is 1. The smallest absolute Gasteiger partial charge is 0.414 e. The summed E-state index contributed by atoms with van der Waals surface area (Å²) in [5, 5.41) is 9.25. The maximum absolute atomic E-state index is 12.7. The molecule has 0 aromatic carbocycles. The molecule has 0 aliphatic carbocycles. The summed E-state index contributed by atoms with van der Waals surface area (Å²) in [5.41, 5.74) is 0.360. The number of carbonyl (C=O) groups excluding carboxylic acids is 4. The van der Waals surface area contributed by atoms with E-state index < -0.39 is 17.9 Å². The van der Waals surface area contributed by atoms with Crippen LogP contribution < -0.4 is 16.0 Å². The van der Waals surface area contributed by atoms with Crippen LogP contribution in [0.4, 0.5) is 20.4 Å². The molecule has 11 nitrogen and oxygen atoms in total. The highest BCUT2D eigenvalue weighted by atomic mass is 32.1. The predicted octanol–water partition coefficient (Wildman–Crippen LogP) is 2.15. The molecule has 2 aromatic heterocycles. The third kappa shape index (κ3) is 5.99. The number of pyridine rings is 1. The first-order valence-electron chi connectivity index (χ1n) is 9.44. The summed E-state index contributed by atoms with van der Waals surface area (Å²) < 4.78 is 9.90. The number of amides is 5. The van der Waals surface area contributed by atoms with Gasteiger partial charge in [-0.25, -0.2) is 14.6 Å². The Morgan fingerprint density at radius 3 is 2.68 bits per heavy atom. The highest BCUT2D eigenvalue weighted by molar-refractivity contribution is 7.14. The van der Waals surface area contributed by atoms with E-state index in [1.165, 1.54) is 24.4 Å². The summed E-state index contributed by atoms with van der Waals surface area (Å²) in [6.45, 7) is 3.62. The summed E-state index contributed by atoms with van der Waals surface area (Å²) in [6, 6.07) is 4.06. The molecule has 31 heavy (non-hydrogen) atoms. The molecule has 0 saturated carbocycles. The minimum absolute atomic E-state index is 0.124. The molecule has 12 heteroatoms. The van der Waals surface area contributed by atoms with Gasteiger partial charge in [-0.05, 0) is 30.5 Å². The van der Waals surface area contributed by atoms with Gasteiger partial charge in [0.25, 0.3) is 11.8 Å². The number of hydrogen-bond acceptors (Lipinski definition) is 8. The Kier molecular flexibility index (Phi) is 7.51. The number of aromatic nitrogens is 1. The second kappa shape index (κ2) is 10.5. The molecular weight excluding hydrogens is 426 g/mol. The van der Waals surface area contributed by atoms with E-state index in [2.05, 4.69) is 25.7 Å². The van der Waals surface area contributed by atoms with E-state index in [4.69, 9.17) is 4.74 Å². The zero-order chi connectivity index (χ0) is 22.2. The van der Waals surface area contributed by atoms with E-state index >= 15 is 0 Å². The first kappa shape index (κ1) is 22.2. The number of morpholine rings is 1. The second-order valence-corrected chi connectivity index (χ2v) is 7.17. The number of nitrogens with zero attached hydrogens (tertiary/aromatic N) is 2. The van der Waals surface area contributed by atoms with Crippen LogP contribution in [0.3, 0.4) is 0 Å². The Bertz CT molecular complexity index is 972. The van der Waals surface area contributed by atoms with Gasteiger partial charge in [-0.2, -0.15) is 0 Å². The van der Waals surface area contributed by atoms with E-state index in [1.54, 1.807) is 17.2 Å².